The lowest BCUT2D eigenvalue weighted by molar-refractivity contribution is -0.0238. The standard InChI is InChI=1S/C28H66O12Si4.C26H60O11Si3.C17H42O2Si3/c1-41(2,3)38-44(39-42(4,5)6,40-43(7,8)9)28-10-12-30-14-16-32-18-20-34-22-24-36-26-27-37-25-23-35-21-19-33-17-15-31-13-11-29;1-38(2,3)36-40(7,37-39(4,5)6)26-8-10-28-12-14-30-16-18-32-20-22-34-24-25-35-23-21-33-19-17-31-15-13-29-11-9-27;1-9-10-11-12-13-14-15-16-17-22(8,18-20(2,3)4)19-21(5,6)7/h29H,10-28H2,1-9H3;27H,8-26H2,1-7H3;9-17H2,1-8H3. The van der Waals surface area contributed by atoms with E-state index in [0.29, 0.717) is 211 Å². The highest BCUT2D eigenvalue weighted by Crippen LogP contribution is 2.31. The summed E-state index contributed by atoms with van der Waals surface area (Å²) in [5.74, 6) is 0. The van der Waals surface area contributed by atoms with Gasteiger partial charge in [0.05, 0.1) is 211 Å². The predicted molar refractivity (Wildman–Crippen MR) is 454 cm³/mol. The molecule has 0 spiro atoms. The Bertz CT molecular complexity index is 1810. The van der Waals surface area contributed by atoms with Crippen LogP contribution in [0.5, 0.6) is 0 Å². The fraction of sp³-hybridized carbons (Fsp3) is 1.00. The van der Waals surface area contributed by atoms with Gasteiger partial charge in [-0.1, -0.05) is 58.3 Å². The maximum absolute atomic E-state index is 8.59. The molecule has 0 aromatic rings. The summed E-state index contributed by atoms with van der Waals surface area (Å²) in [6.07, 6.45) is 12.8. The van der Waals surface area contributed by atoms with Crippen LogP contribution in [0.2, 0.25) is 169 Å². The van der Waals surface area contributed by atoms with Crippen molar-refractivity contribution in [1.29, 1.82) is 0 Å². The van der Waals surface area contributed by atoms with Crippen LogP contribution in [0.1, 0.15) is 71.1 Å². The van der Waals surface area contributed by atoms with E-state index in [4.69, 9.17) is 115 Å². The lowest BCUT2D eigenvalue weighted by Crippen LogP contribution is -2.60. The van der Waals surface area contributed by atoms with Crippen LogP contribution >= 0.6 is 0 Å². The second-order valence-electron chi connectivity index (χ2n) is 33.1. The van der Waals surface area contributed by atoms with E-state index in [0.717, 1.165) is 24.9 Å². The summed E-state index contributed by atoms with van der Waals surface area (Å²) < 4.78 is 134. The Kier molecular flexibility index (Phi) is 71.7. The van der Waals surface area contributed by atoms with Crippen LogP contribution in [0, 0.1) is 0 Å². The predicted octanol–water partition coefficient (Wildman–Crippen LogP) is 14.2. The Morgan fingerprint density at radius 3 is 0.519 bits per heavy atom. The molecule has 106 heavy (non-hydrogen) atoms. The maximum atomic E-state index is 8.59. The zero-order valence-electron chi connectivity index (χ0n) is 72.5. The molecule has 0 bridgehead atoms. The number of aliphatic hydroxyl groups is 2. The summed E-state index contributed by atoms with van der Waals surface area (Å²) in [5.41, 5.74) is 0. The van der Waals surface area contributed by atoms with Crippen LogP contribution in [0.3, 0.4) is 0 Å². The van der Waals surface area contributed by atoms with E-state index in [-0.39, 0.29) is 13.2 Å². The van der Waals surface area contributed by atoms with Crippen molar-refractivity contribution in [2.45, 2.75) is 240 Å². The third-order valence-electron chi connectivity index (χ3n) is 13.3. The van der Waals surface area contributed by atoms with Gasteiger partial charge < -0.3 is 115 Å². The summed E-state index contributed by atoms with van der Waals surface area (Å²) in [7, 11) is -18.9. The topological polar surface area (TPSA) is 253 Å². The first-order valence-corrected chi connectivity index (χ1v) is 70.8. The molecule has 0 aliphatic carbocycles. The van der Waals surface area contributed by atoms with E-state index in [1.54, 1.807) is 0 Å². The Morgan fingerprint density at radius 2 is 0.330 bits per heavy atom. The van der Waals surface area contributed by atoms with Crippen LogP contribution in [0.25, 0.3) is 0 Å². The molecule has 35 heteroatoms. The highest BCUT2D eigenvalue weighted by molar-refractivity contribution is 6.90. The van der Waals surface area contributed by atoms with Crippen LogP contribution in [0.4, 0.5) is 0 Å². The second kappa shape index (κ2) is 68.3. The molecule has 0 aliphatic rings. The summed E-state index contributed by atoms with van der Waals surface area (Å²) >= 11 is 0. The largest absolute Gasteiger partial charge is 0.469 e. The Balaban J connectivity index is -0.00000158. The molecule has 0 unspecified atom stereocenters. The van der Waals surface area contributed by atoms with Gasteiger partial charge in [0.25, 0.3) is 0 Å². The second-order valence-corrected chi connectivity index (χ2v) is 75.8. The molecule has 0 amide bonds. The number of aliphatic hydroxyl groups excluding tert-OH is 2. The van der Waals surface area contributed by atoms with E-state index in [1.807, 2.05) is 0 Å². The van der Waals surface area contributed by atoms with E-state index < -0.39 is 84.1 Å². The van der Waals surface area contributed by atoms with Crippen molar-refractivity contribution in [2.75, 3.05) is 225 Å². The average molecular weight is 1700 g/mol. The zero-order chi connectivity index (χ0) is 80.5. The third-order valence-corrected chi connectivity index (χ3v) is 44.6. The molecule has 0 heterocycles. The molecule has 0 aromatic heterocycles. The van der Waals surface area contributed by atoms with Crippen LogP contribution in [-0.2, 0) is 105 Å². The minimum atomic E-state index is -2.80. The number of hydrogen-bond acceptors (Lipinski definition) is 25. The molecule has 0 saturated carbocycles. The van der Waals surface area contributed by atoms with Gasteiger partial charge in [-0.2, -0.15) is 0 Å². The molecular formula is C71H168O25Si10. The Labute approximate surface area is 659 Å². The smallest absolute Gasteiger partial charge is 0.437 e. The first kappa shape index (κ1) is 111. The van der Waals surface area contributed by atoms with Gasteiger partial charge in [-0.25, -0.2) is 0 Å². The van der Waals surface area contributed by atoms with Gasteiger partial charge in [0.1, 0.15) is 0 Å². The molecule has 0 radical (unpaired) electrons. The van der Waals surface area contributed by atoms with Crippen LogP contribution in [0.15, 0.2) is 0 Å². The molecule has 0 saturated heterocycles. The Morgan fingerprint density at radius 1 is 0.170 bits per heavy atom. The van der Waals surface area contributed by atoms with Crippen molar-refractivity contribution in [3.8, 4) is 0 Å². The minimum absolute atomic E-state index is 0.0275. The van der Waals surface area contributed by atoms with Crippen molar-refractivity contribution in [3.63, 3.8) is 0 Å². The lowest BCUT2D eigenvalue weighted by Gasteiger charge is -2.42. The van der Waals surface area contributed by atoms with Gasteiger partial charge >= 0.3 is 25.9 Å². The molecular weight excluding hydrogens is 1530 g/mol. The highest BCUT2D eigenvalue weighted by Gasteiger charge is 2.50. The zero-order valence-corrected chi connectivity index (χ0v) is 82.5. The van der Waals surface area contributed by atoms with Gasteiger partial charge in [-0.05, 0) is 176 Å². The van der Waals surface area contributed by atoms with Crippen molar-refractivity contribution in [1.82, 2.24) is 0 Å². The van der Waals surface area contributed by atoms with E-state index in [9.17, 15) is 0 Å². The molecule has 25 nitrogen and oxygen atoms in total. The van der Waals surface area contributed by atoms with Crippen LogP contribution in [-0.4, -0.2) is 319 Å². The summed E-state index contributed by atoms with van der Waals surface area (Å²) in [4.78, 5) is 0. The van der Waals surface area contributed by atoms with Gasteiger partial charge in [-0.3, -0.25) is 0 Å². The summed E-state index contributed by atoms with van der Waals surface area (Å²) in [5, 5.41) is 17.2. The van der Waals surface area contributed by atoms with Crippen LogP contribution < -0.4 is 0 Å². The van der Waals surface area contributed by atoms with E-state index in [1.165, 1.54) is 57.4 Å². The molecule has 0 atom stereocenters. The third kappa shape index (κ3) is 90.7. The van der Waals surface area contributed by atoms with Gasteiger partial charge in [-0.15, -0.1) is 0 Å². The van der Waals surface area contributed by atoms with E-state index in [2.05, 4.69) is 158 Å². The molecule has 0 rings (SSSR count). The summed E-state index contributed by atoms with van der Waals surface area (Å²) in [6.45, 7) is 70.3. The van der Waals surface area contributed by atoms with Gasteiger partial charge in [0, 0.05) is 19.3 Å². The molecule has 2 N–H and O–H groups in total. The van der Waals surface area contributed by atoms with Crippen molar-refractivity contribution in [3.05, 3.63) is 0 Å². The summed E-state index contributed by atoms with van der Waals surface area (Å²) in [6, 6.07) is 2.92. The fourth-order valence-electron chi connectivity index (χ4n) is 10.3. The van der Waals surface area contributed by atoms with Gasteiger partial charge in [0.2, 0.25) is 0 Å². The quantitative estimate of drug-likeness (QED) is 0.0424. The number of rotatable bonds is 77. The molecule has 642 valence electrons. The average Bonchev–Trinajstić information content (AvgIpc) is 0.759. The molecule has 0 fully saturated rings. The van der Waals surface area contributed by atoms with Crippen molar-refractivity contribution >= 4 is 84.1 Å². The van der Waals surface area contributed by atoms with Crippen molar-refractivity contribution < 1.29 is 115 Å². The van der Waals surface area contributed by atoms with Crippen molar-refractivity contribution in [2.24, 2.45) is 0 Å². The fourth-order valence-corrected chi connectivity index (χ4v) is 50.1. The highest BCUT2D eigenvalue weighted by atomic mass is 28.5. The SMILES string of the molecule is CCCCCCCCCC[Si](C)(O[Si](C)(C)C)O[Si](C)(C)C.C[Si](C)(C)O[Si](C)(CCCOCCOCCOCCOCCOCCOCCOCCOCCO)O[Si](C)(C)C.C[Si](C)(C)O[Si](CCCOCCOCCOCCOCCOCCOCCOCCOCCO)(O[Si](C)(C)C)O[Si](C)(C)C. The number of hydrogen-bond donors (Lipinski definition) is 2. The molecule has 0 aromatic carbocycles. The number of unbranched alkanes of at least 4 members (excludes halogenated alkanes) is 7. The number of ether oxygens (including phenoxy) is 16. The van der Waals surface area contributed by atoms with E-state index >= 15 is 0 Å². The minimum Gasteiger partial charge on any atom is -0.437 e. The first-order valence-electron chi connectivity index (χ1n) is 40.0. The molecule has 0 aliphatic heterocycles. The Hall–Kier alpha value is 1.17. The monoisotopic (exact) mass is 1700 g/mol. The van der Waals surface area contributed by atoms with Gasteiger partial charge in [0.15, 0.2) is 58.2 Å². The maximum Gasteiger partial charge on any atom is 0.469 e. The lowest BCUT2D eigenvalue weighted by atomic mass is 10.1. The first-order chi connectivity index (χ1) is 49.6. The normalized spacial score (nSPS) is 13.2.